The Kier molecular flexibility index (Phi) is 6.15. The van der Waals surface area contributed by atoms with E-state index in [0.29, 0.717) is 33.6 Å². The van der Waals surface area contributed by atoms with Crippen LogP contribution >= 0.6 is 11.8 Å². The third-order valence-corrected chi connectivity index (χ3v) is 6.94. The Bertz CT molecular complexity index is 1500. The summed E-state index contributed by atoms with van der Waals surface area (Å²) in [6.45, 7) is 0. The Hall–Kier alpha value is -4.24. The monoisotopic (exact) mass is 485 g/mol. The van der Waals surface area contributed by atoms with E-state index in [2.05, 4.69) is 15.2 Å². The number of carbonyl (C=O) groups excluding carboxylic acids is 1. The molecule has 9 heteroatoms. The molecule has 0 fully saturated rings. The molecule has 3 N–H and O–H groups in total. The number of ether oxygens (including phenoxy) is 2. The summed E-state index contributed by atoms with van der Waals surface area (Å²) in [5, 5.41) is 9.31. The molecule has 0 amide bonds. The lowest BCUT2D eigenvalue weighted by Gasteiger charge is -2.15. The van der Waals surface area contributed by atoms with Crippen LogP contribution in [0.25, 0.3) is 22.3 Å². The van der Waals surface area contributed by atoms with E-state index in [-0.39, 0.29) is 5.78 Å². The lowest BCUT2D eigenvalue weighted by Crippen LogP contribution is -2.15. The number of para-hydroxylation sites is 1. The number of benzene rings is 3. The molecule has 3 aromatic carbocycles. The number of rotatable bonds is 8. The fourth-order valence-electron chi connectivity index (χ4n) is 3.95. The van der Waals surface area contributed by atoms with E-state index in [9.17, 15) is 4.79 Å². The van der Waals surface area contributed by atoms with Gasteiger partial charge < -0.3 is 20.3 Å². The molecule has 0 saturated carbocycles. The van der Waals surface area contributed by atoms with Gasteiger partial charge in [-0.15, -0.1) is 10.2 Å². The van der Waals surface area contributed by atoms with Gasteiger partial charge in [0.25, 0.3) is 0 Å². The number of fused-ring (bicyclic) bond motifs is 1. The number of ketones is 1. The zero-order valence-electron chi connectivity index (χ0n) is 19.1. The third kappa shape index (κ3) is 4.22. The molecule has 0 radical (unpaired) electrons. The van der Waals surface area contributed by atoms with Gasteiger partial charge in [-0.05, 0) is 29.8 Å². The van der Waals surface area contributed by atoms with Gasteiger partial charge in [-0.2, -0.15) is 0 Å². The van der Waals surface area contributed by atoms with Crippen LogP contribution in [0.5, 0.6) is 11.5 Å². The second-order valence-corrected chi connectivity index (χ2v) is 8.84. The summed E-state index contributed by atoms with van der Waals surface area (Å²) in [5.74, 6) is 7.97. The number of aromatic nitrogens is 4. The first kappa shape index (κ1) is 22.5. The molecular formula is C26H23N5O3S. The van der Waals surface area contributed by atoms with E-state index in [0.717, 1.165) is 16.5 Å². The van der Waals surface area contributed by atoms with Crippen molar-refractivity contribution in [2.75, 3.05) is 20.1 Å². The minimum absolute atomic E-state index is 0.0469. The van der Waals surface area contributed by atoms with E-state index in [1.165, 1.54) is 16.4 Å². The highest BCUT2D eigenvalue weighted by molar-refractivity contribution is 8.00. The molecule has 1 atom stereocenters. The smallest absolute Gasteiger partial charge is 0.211 e. The van der Waals surface area contributed by atoms with Crippen molar-refractivity contribution in [2.45, 2.75) is 10.4 Å². The van der Waals surface area contributed by atoms with Crippen molar-refractivity contribution < 1.29 is 14.3 Å². The number of hydrogen-bond acceptors (Lipinski definition) is 7. The lowest BCUT2D eigenvalue weighted by atomic mass is 10.0. The predicted molar refractivity (Wildman–Crippen MR) is 136 cm³/mol. The summed E-state index contributed by atoms with van der Waals surface area (Å²) in [4.78, 5) is 17.0. The quantitative estimate of drug-likeness (QED) is 0.183. The van der Waals surface area contributed by atoms with E-state index in [1.807, 2.05) is 60.7 Å². The van der Waals surface area contributed by atoms with Crippen LogP contribution in [-0.4, -0.2) is 39.9 Å². The van der Waals surface area contributed by atoms with Crippen molar-refractivity contribution in [1.29, 1.82) is 0 Å². The molecule has 0 aliphatic heterocycles. The number of methoxy groups -OCH3 is 2. The number of nitrogens with one attached hydrogen (secondary N) is 1. The van der Waals surface area contributed by atoms with E-state index in [1.54, 1.807) is 32.5 Å². The SMILES string of the molecule is COc1ccc(-c2nnc(S[C@@H](C(=O)c3c[nH]c4ccccc34)c3ccccc3)n2N)cc1OC. The maximum Gasteiger partial charge on any atom is 0.211 e. The number of H-pyrrole nitrogens is 1. The third-order valence-electron chi connectivity index (χ3n) is 5.72. The Balaban J connectivity index is 1.52. The van der Waals surface area contributed by atoms with Crippen LogP contribution in [0.3, 0.4) is 0 Å². The van der Waals surface area contributed by atoms with Gasteiger partial charge in [0.1, 0.15) is 5.25 Å². The highest BCUT2D eigenvalue weighted by Crippen LogP contribution is 2.39. The lowest BCUT2D eigenvalue weighted by molar-refractivity contribution is 0.0991. The highest BCUT2D eigenvalue weighted by atomic mass is 32.2. The molecule has 0 bridgehead atoms. The first-order chi connectivity index (χ1) is 17.1. The molecule has 8 nitrogen and oxygen atoms in total. The summed E-state index contributed by atoms with van der Waals surface area (Å²) in [5.41, 5.74) is 3.09. The number of thioether (sulfide) groups is 1. The van der Waals surface area contributed by atoms with Crippen LogP contribution in [0.2, 0.25) is 0 Å². The fraction of sp³-hybridized carbons (Fsp3) is 0.115. The molecular weight excluding hydrogens is 462 g/mol. The molecule has 0 aliphatic rings. The number of aromatic amines is 1. The number of hydrogen-bond donors (Lipinski definition) is 2. The normalized spacial score (nSPS) is 11.9. The molecule has 176 valence electrons. The minimum Gasteiger partial charge on any atom is -0.493 e. The van der Waals surface area contributed by atoms with E-state index < -0.39 is 5.25 Å². The number of Topliss-reactive ketones (excluding diaryl/α,β-unsaturated/α-hetero) is 1. The summed E-state index contributed by atoms with van der Waals surface area (Å²) in [7, 11) is 3.14. The molecule has 0 spiro atoms. The predicted octanol–water partition coefficient (Wildman–Crippen LogP) is 4.87. The van der Waals surface area contributed by atoms with Crippen LogP contribution in [-0.2, 0) is 0 Å². The Morgan fingerprint density at radius 3 is 2.49 bits per heavy atom. The van der Waals surface area contributed by atoms with Crippen LogP contribution in [0.1, 0.15) is 21.2 Å². The molecule has 0 saturated heterocycles. The number of nitrogens with zero attached hydrogens (tertiary/aromatic N) is 3. The fourth-order valence-corrected chi connectivity index (χ4v) is 4.98. The Labute approximate surface area is 206 Å². The van der Waals surface area contributed by atoms with Crippen molar-refractivity contribution in [3.05, 3.63) is 90.1 Å². The van der Waals surface area contributed by atoms with Gasteiger partial charge in [-0.25, -0.2) is 4.68 Å². The largest absolute Gasteiger partial charge is 0.493 e. The maximum atomic E-state index is 13.8. The maximum absolute atomic E-state index is 13.8. The molecule has 0 aliphatic carbocycles. The molecule has 35 heavy (non-hydrogen) atoms. The van der Waals surface area contributed by atoms with Gasteiger partial charge in [0.05, 0.1) is 14.2 Å². The van der Waals surface area contributed by atoms with Crippen molar-refractivity contribution in [1.82, 2.24) is 19.9 Å². The highest BCUT2D eigenvalue weighted by Gasteiger charge is 2.28. The van der Waals surface area contributed by atoms with Gasteiger partial charge in [-0.1, -0.05) is 60.3 Å². The standard InChI is InChI=1S/C26H23N5O3S/c1-33-21-13-12-17(14-22(21)34-2)25-29-30-26(31(25)27)35-24(16-8-4-3-5-9-16)23(32)19-15-28-20-11-7-6-10-18(19)20/h3-15,24,28H,27H2,1-2H3/t24-/m1/s1. The Morgan fingerprint density at radius 1 is 0.971 bits per heavy atom. The first-order valence-electron chi connectivity index (χ1n) is 10.9. The van der Waals surface area contributed by atoms with Crippen molar-refractivity contribution >= 4 is 28.4 Å². The summed E-state index contributed by atoms with van der Waals surface area (Å²) >= 11 is 1.26. The Morgan fingerprint density at radius 2 is 1.71 bits per heavy atom. The van der Waals surface area contributed by atoms with E-state index >= 15 is 0 Å². The van der Waals surface area contributed by atoms with E-state index in [4.69, 9.17) is 15.3 Å². The summed E-state index contributed by atoms with van der Waals surface area (Å²) < 4.78 is 12.1. The van der Waals surface area contributed by atoms with Gasteiger partial charge in [0.15, 0.2) is 23.1 Å². The topological polar surface area (TPSA) is 108 Å². The summed E-state index contributed by atoms with van der Waals surface area (Å²) in [6, 6.07) is 22.7. The summed E-state index contributed by atoms with van der Waals surface area (Å²) in [6.07, 6.45) is 1.76. The van der Waals surface area contributed by atoms with Crippen LogP contribution in [0, 0.1) is 0 Å². The first-order valence-corrected chi connectivity index (χ1v) is 11.7. The zero-order valence-corrected chi connectivity index (χ0v) is 20.0. The zero-order chi connectivity index (χ0) is 24.4. The number of carbonyl (C=O) groups is 1. The second-order valence-electron chi connectivity index (χ2n) is 7.77. The molecule has 2 heterocycles. The van der Waals surface area contributed by atoms with Crippen LogP contribution in [0.4, 0.5) is 0 Å². The molecule has 2 aromatic heterocycles. The van der Waals surface area contributed by atoms with Crippen molar-refractivity contribution in [2.24, 2.45) is 0 Å². The average Bonchev–Trinajstić information content (AvgIpc) is 3.50. The molecule has 5 aromatic rings. The number of nitrogens with two attached hydrogens (primary N) is 1. The van der Waals surface area contributed by atoms with Gasteiger partial charge in [0, 0.05) is 28.2 Å². The van der Waals surface area contributed by atoms with Crippen molar-refractivity contribution in [3.63, 3.8) is 0 Å². The average molecular weight is 486 g/mol. The number of nitrogen functional groups attached to an aromatic ring is 1. The van der Waals surface area contributed by atoms with Gasteiger partial charge in [0.2, 0.25) is 5.16 Å². The second kappa shape index (κ2) is 9.55. The van der Waals surface area contributed by atoms with Gasteiger partial charge in [-0.3, -0.25) is 4.79 Å². The minimum atomic E-state index is -0.569. The van der Waals surface area contributed by atoms with Crippen molar-refractivity contribution in [3.8, 4) is 22.9 Å². The van der Waals surface area contributed by atoms with Crippen LogP contribution in [0.15, 0.2) is 84.1 Å². The van der Waals surface area contributed by atoms with Crippen LogP contribution < -0.4 is 15.3 Å². The molecule has 5 rings (SSSR count). The molecule has 0 unspecified atom stereocenters. The van der Waals surface area contributed by atoms with Gasteiger partial charge >= 0.3 is 0 Å².